The summed E-state index contributed by atoms with van der Waals surface area (Å²) in [5.74, 6) is 0. The van der Waals surface area contributed by atoms with Gasteiger partial charge in [0.15, 0.2) is 0 Å². The van der Waals surface area contributed by atoms with Crippen LogP contribution < -0.4 is 0 Å². The second kappa shape index (κ2) is 11.4. The third-order valence-corrected chi connectivity index (χ3v) is 4.95. The van der Waals surface area contributed by atoms with Crippen LogP contribution in [0.5, 0.6) is 0 Å². The Morgan fingerprint density at radius 2 is 1.48 bits per heavy atom. The summed E-state index contributed by atoms with van der Waals surface area (Å²) < 4.78 is 0. The van der Waals surface area contributed by atoms with E-state index >= 15 is 0 Å². The molecule has 1 aromatic rings. The summed E-state index contributed by atoms with van der Waals surface area (Å²) in [4.78, 5) is 2.51. The van der Waals surface area contributed by atoms with Gasteiger partial charge in [0.05, 0.1) is 0 Å². The van der Waals surface area contributed by atoms with E-state index in [2.05, 4.69) is 69.5 Å². The molecular formula is C24H43N. The molecule has 0 aliphatic carbocycles. The first kappa shape index (κ1) is 23.8. The fourth-order valence-corrected chi connectivity index (χ4v) is 3.12. The topological polar surface area (TPSA) is 3.24 Å². The largest absolute Gasteiger partial charge is 0.375 e. The predicted octanol–water partition coefficient (Wildman–Crippen LogP) is 7.43. The van der Waals surface area contributed by atoms with Gasteiger partial charge in [-0.2, -0.15) is 0 Å². The van der Waals surface area contributed by atoms with Crippen LogP contribution in [0, 0.1) is 5.41 Å². The molecule has 0 unspecified atom stereocenters. The zero-order chi connectivity index (χ0) is 19.5. The highest BCUT2D eigenvalue weighted by Gasteiger charge is 2.31. The molecule has 1 saturated heterocycles. The maximum Gasteiger partial charge on any atom is 0.0183 e. The lowest BCUT2D eigenvalue weighted by atomic mass is 9.74. The Balaban J connectivity index is 0.00000134. The minimum Gasteiger partial charge on any atom is -0.375 e. The Bertz CT molecular complexity index is 459. The molecule has 0 atom stereocenters. The second-order valence-corrected chi connectivity index (χ2v) is 8.04. The van der Waals surface area contributed by atoms with E-state index in [0.29, 0.717) is 10.8 Å². The van der Waals surface area contributed by atoms with Gasteiger partial charge in [-0.25, -0.2) is 0 Å². The van der Waals surface area contributed by atoms with Crippen LogP contribution in [0.15, 0.2) is 42.6 Å². The van der Waals surface area contributed by atoms with Gasteiger partial charge in [0, 0.05) is 18.8 Å². The van der Waals surface area contributed by atoms with Crippen molar-refractivity contribution < 1.29 is 0 Å². The van der Waals surface area contributed by atoms with Crippen molar-refractivity contribution >= 4 is 0 Å². The first-order chi connectivity index (χ1) is 11.8. The van der Waals surface area contributed by atoms with E-state index in [1.165, 1.54) is 30.5 Å². The normalized spacial score (nSPS) is 16.1. The molecule has 144 valence electrons. The van der Waals surface area contributed by atoms with Crippen molar-refractivity contribution in [3.63, 3.8) is 0 Å². The third-order valence-electron chi connectivity index (χ3n) is 4.95. The molecule has 1 aromatic carbocycles. The lowest BCUT2D eigenvalue weighted by molar-refractivity contribution is 0.197. The first-order valence-corrected chi connectivity index (χ1v) is 10.3. The monoisotopic (exact) mass is 345 g/mol. The Hall–Kier alpha value is -1.24. The number of nitrogens with zero attached hydrogens (tertiary/aromatic N) is 1. The van der Waals surface area contributed by atoms with Gasteiger partial charge in [0.25, 0.3) is 0 Å². The number of allylic oxidation sites excluding steroid dienone is 1. The lowest BCUT2D eigenvalue weighted by Crippen LogP contribution is -2.40. The molecule has 1 nitrogen and oxygen atoms in total. The van der Waals surface area contributed by atoms with Crippen molar-refractivity contribution in [3.05, 3.63) is 48.2 Å². The molecule has 0 spiro atoms. The molecule has 0 radical (unpaired) electrons. The molecule has 1 heteroatoms. The van der Waals surface area contributed by atoms with Gasteiger partial charge in [-0.1, -0.05) is 92.3 Å². The molecule has 0 amide bonds. The highest BCUT2D eigenvalue weighted by molar-refractivity contribution is 5.25. The highest BCUT2D eigenvalue weighted by atomic mass is 15.1. The van der Waals surface area contributed by atoms with Gasteiger partial charge in [-0.15, -0.1) is 0 Å². The maximum absolute atomic E-state index is 4.33. The van der Waals surface area contributed by atoms with Crippen LogP contribution >= 0.6 is 0 Å². The van der Waals surface area contributed by atoms with Crippen molar-refractivity contribution in [3.8, 4) is 0 Å². The molecule has 1 aliphatic heterocycles. The number of benzene rings is 1. The molecule has 0 aromatic heterocycles. The minimum absolute atomic E-state index is 0.335. The highest BCUT2D eigenvalue weighted by Crippen LogP contribution is 2.36. The van der Waals surface area contributed by atoms with Gasteiger partial charge in [-0.05, 0) is 42.1 Å². The molecule has 1 fully saturated rings. The van der Waals surface area contributed by atoms with Crippen molar-refractivity contribution in [1.82, 2.24) is 4.90 Å². The third kappa shape index (κ3) is 8.12. The fourth-order valence-electron chi connectivity index (χ4n) is 3.12. The summed E-state index contributed by atoms with van der Waals surface area (Å²) in [5, 5.41) is 0. The zero-order valence-electron chi connectivity index (χ0n) is 18.3. The van der Waals surface area contributed by atoms with Crippen LogP contribution in [0.4, 0.5) is 0 Å². The number of hydrogen-bond donors (Lipinski definition) is 0. The van der Waals surface area contributed by atoms with Crippen LogP contribution in [0.2, 0.25) is 0 Å². The van der Waals surface area contributed by atoms with Crippen molar-refractivity contribution in [2.75, 3.05) is 13.1 Å². The Morgan fingerprint density at radius 3 is 1.92 bits per heavy atom. The van der Waals surface area contributed by atoms with Gasteiger partial charge >= 0.3 is 0 Å². The minimum atomic E-state index is 0.335. The molecule has 0 N–H and O–H groups in total. The van der Waals surface area contributed by atoms with E-state index in [1.807, 2.05) is 27.7 Å². The SMILES string of the molecule is C=C(CCC(C)(C)C)N1CCC(C)(c2ccccc2)CC1.CC.CC. The predicted molar refractivity (Wildman–Crippen MR) is 115 cm³/mol. The summed E-state index contributed by atoms with van der Waals surface area (Å²) in [6.45, 7) is 24.0. The first-order valence-electron chi connectivity index (χ1n) is 10.3. The smallest absolute Gasteiger partial charge is 0.0183 e. The lowest BCUT2D eigenvalue weighted by Gasteiger charge is -2.42. The molecule has 25 heavy (non-hydrogen) atoms. The van der Waals surface area contributed by atoms with Gasteiger partial charge < -0.3 is 4.90 Å². The average molecular weight is 346 g/mol. The Kier molecular flexibility index (Phi) is 10.8. The molecule has 1 heterocycles. The van der Waals surface area contributed by atoms with Crippen LogP contribution in [0.1, 0.15) is 86.6 Å². The second-order valence-electron chi connectivity index (χ2n) is 8.04. The molecular weight excluding hydrogens is 302 g/mol. The molecule has 0 saturated carbocycles. The van der Waals surface area contributed by atoms with Gasteiger partial charge in [0.1, 0.15) is 0 Å². The van der Waals surface area contributed by atoms with Crippen LogP contribution in [0.3, 0.4) is 0 Å². The number of hydrogen-bond acceptors (Lipinski definition) is 1. The molecule has 1 aliphatic rings. The van der Waals surface area contributed by atoms with Gasteiger partial charge in [-0.3, -0.25) is 0 Å². The number of piperidine rings is 1. The Labute approximate surface area is 158 Å². The van der Waals surface area contributed by atoms with Crippen molar-refractivity contribution in [2.24, 2.45) is 5.41 Å². The van der Waals surface area contributed by atoms with Gasteiger partial charge in [0.2, 0.25) is 0 Å². The Morgan fingerprint density at radius 1 is 1.00 bits per heavy atom. The standard InChI is InChI=1S/C20H31N.2C2H6/c1-17(11-12-19(2,3)4)21-15-13-20(5,14-16-21)18-9-7-6-8-10-18;2*1-2/h6-10H,1,11-16H2,2-5H3;2*1-2H3. The quantitative estimate of drug-likeness (QED) is 0.548. The van der Waals surface area contributed by atoms with E-state index in [9.17, 15) is 0 Å². The van der Waals surface area contributed by atoms with Crippen molar-refractivity contribution in [2.45, 2.75) is 86.5 Å². The summed E-state index contributed by atoms with van der Waals surface area (Å²) in [5.41, 5.74) is 3.56. The average Bonchev–Trinajstić information content (AvgIpc) is 2.64. The van der Waals surface area contributed by atoms with E-state index in [4.69, 9.17) is 0 Å². The van der Waals surface area contributed by atoms with E-state index < -0.39 is 0 Å². The summed E-state index contributed by atoms with van der Waals surface area (Å²) in [7, 11) is 0. The zero-order valence-corrected chi connectivity index (χ0v) is 18.3. The summed E-state index contributed by atoms with van der Waals surface area (Å²) in [6, 6.07) is 11.0. The molecule has 0 bridgehead atoms. The maximum atomic E-state index is 4.33. The number of rotatable bonds is 4. The van der Waals surface area contributed by atoms with E-state index in [0.717, 1.165) is 19.5 Å². The van der Waals surface area contributed by atoms with Crippen LogP contribution in [-0.4, -0.2) is 18.0 Å². The van der Waals surface area contributed by atoms with Crippen LogP contribution in [-0.2, 0) is 5.41 Å². The fraction of sp³-hybridized carbons (Fsp3) is 0.667. The van der Waals surface area contributed by atoms with E-state index in [1.54, 1.807) is 0 Å². The molecule has 2 rings (SSSR count). The van der Waals surface area contributed by atoms with E-state index in [-0.39, 0.29) is 0 Å². The number of likely N-dealkylation sites (tertiary alicyclic amines) is 1. The summed E-state index contributed by atoms with van der Waals surface area (Å²) in [6.07, 6.45) is 4.81. The van der Waals surface area contributed by atoms with Crippen LogP contribution in [0.25, 0.3) is 0 Å². The summed E-state index contributed by atoms with van der Waals surface area (Å²) >= 11 is 0. The van der Waals surface area contributed by atoms with Crippen molar-refractivity contribution in [1.29, 1.82) is 0 Å².